The molecule has 1 atom stereocenters. The number of hydrogen-bond acceptors (Lipinski definition) is 6. The van der Waals surface area contributed by atoms with Crippen molar-refractivity contribution in [1.82, 2.24) is 0 Å². The van der Waals surface area contributed by atoms with Crippen LogP contribution in [0.25, 0.3) is 0 Å². The fraction of sp³-hybridized carbons (Fsp3) is 0.676. The van der Waals surface area contributed by atoms with Gasteiger partial charge in [0.2, 0.25) is 0 Å². The first-order valence-electron chi connectivity index (χ1n) is 32.0. The fourth-order valence-corrected chi connectivity index (χ4v) is 8.69. The van der Waals surface area contributed by atoms with Crippen molar-refractivity contribution in [2.24, 2.45) is 0 Å². The first kappa shape index (κ1) is 72.8. The van der Waals surface area contributed by atoms with Crippen LogP contribution in [0.4, 0.5) is 0 Å². The van der Waals surface area contributed by atoms with E-state index in [2.05, 4.69) is 142 Å². The van der Waals surface area contributed by atoms with Gasteiger partial charge in [-0.2, -0.15) is 0 Å². The third-order valence-electron chi connectivity index (χ3n) is 13.4. The summed E-state index contributed by atoms with van der Waals surface area (Å²) in [5.41, 5.74) is 0. The van der Waals surface area contributed by atoms with Gasteiger partial charge in [0.1, 0.15) is 13.2 Å². The van der Waals surface area contributed by atoms with Crippen LogP contribution < -0.4 is 0 Å². The maximum atomic E-state index is 12.9. The van der Waals surface area contributed by atoms with Crippen molar-refractivity contribution in [2.45, 2.75) is 297 Å². The molecule has 0 aliphatic rings. The van der Waals surface area contributed by atoms with E-state index in [0.717, 1.165) is 141 Å². The van der Waals surface area contributed by atoms with Gasteiger partial charge in [-0.25, -0.2) is 0 Å². The predicted molar refractivity (Wildman–Crippen MR) is 334 cm³/mol. The molecular formula is C71H118O6. The predicted octanol–water partition coefficient (Wildman–Crippen LogP) is 22.0. The zero-order valence-electron chi connectivity index (χ0n) is 50.2. The van der Waals surface area contributed by atoms with Crippen LogP contribution >= 0.6 is 0 Å². The second kappa shape index (κ2) is 64.3. The van der Waals surface area contributed by atoms with E-state index in [-0.39, 0.29) is 31.1 Å². The monoisotopic (exact) mass is 1070 g/mol. The Labute approximate surface area is 475 Å². The van der Waals surface area contributed by atoms with E-state index in [1.807, 2.05) is 0 Å². The standard InChI is InChI=1S/C71H118O6/c1-4-7-10-13-16-19-22-25-28-29-30-31-32-33-34-35-36-37-38-39-40-41-44-46-49-52-55-58-61-64-70(73)76-67-68(77-71(74)65-62-59-56-53-50-47-43-27-24-21-18-15-12-9-6-3)66-75-69(72)63-60-57-54-51-48-45-42-26-23-20-17-14-11-8-5-2/h7,9-10,12,16,18-19,21,25-28,30-31,33-34,36-37,42-43,68H,4-6,8,11,13-15,17,20,22-24,29,32,35,38-41,44-67H2,1-3H3/b10-7-,12-9-,19-16-,21-18-,28-25-,31-30-,34-33-,37-36-,42-26-,43-27-. The van der Waals surface area contributed by atoms with E-state index >= 15 is 0 Å². The average molecular weight is 1070 g/mol. The molecule has 0 saturated heterocycles. The number of hydrogen-bond donors (Lipinski definition) is 0. The second-order valence-corrected chi connectivity index (χ2v) is 20.9. The van der Waals surface area contributed by atoms with Gasteiger partial charge in [0.05, 0.1) is 0 Å². The van der Waals surface area contributed by atoms with Crippen LogP contribution in [0.1, 0.15) is 290 Å². The minimum atomic E-state index is -0.796. The molecule has 77 heavy (non-hydrogen) atoms. The lowest BCUT2D eigenvalue weighted by Crippen LogP contribution is -2.30. The Morgan fingerprint density at radius 2 is 0.506 bits per heavy atom. The summed E-state index contributed by atoms with van der Waals surface area (Å²) in [6.07, 6.45) is 89.2. The Kier molecular flexibility index (Phi) is 60.8. The number of unbranched alkanes of at least 4 members (excludes halogenated alkanes) is 26. The smallest absolute Gasteiger partial charge is 0.306 e. The normalized spacial score (nSPS) is 12.9. The molecule has 0 amide bonds. The van der Waals surface area contributed by atoms with Gasteiger partial charge in [0.15, 0.2) is 6.10 Å². The molecule has 0 bridgehead atoms. The Morgan fingerprint density at radius 3 is 0.805 bits per heavy atom. The van der Waals surface area contributed by atoms with Gasteiger partial charge in [0.25, 0.3) is 0 Å². The number of ether oxygens (including phenoxy) is 3. The summed E-state index contributed by atoms with van der Waals surface area (Å²) < 4.78 is 16.9. The van der Waals surface area contributed by atoms with Crippen LogP contribution in [0.3, 0.4) is 0 Å². The van der Waals surface area contributed by atoms with E-state index in [1.165, 1.54) is 109 Å². The molecule has 0 N–H and O–H groups in total. The quantitative estimate of drug-likeness (QED) is 0.0261. The number of carbonyl (C=O) groups excluding carboxylic acids is 3. The summed E-state index contributed by atoms with van der Waals surface area (Å²) in [7, 11) is 0. The molecule has 0 fully saturated rings. The van der Waals surface area contributed by atoms with Gasteiger partial charge in [0, 0.05) is 19.3 Å². The summed E-state index contributed by atoms with van der Waals surface area (Å²) in [6.45, 7) is 6.40. The Morgan fingerprint density at radius 1 is 0.273 bits per heavy atom. The maximum absolute atomic E-state index is 12.9. The van der Waals surface area contributed by atoms with Crippen molar-refractivity contribution in [3.63, 3.8) is 0 Å². The molecule has 0 heterocycles. The van der Waals surface area contributed by atoms with Gasteiger partial charge in [-0.3, -0.25) is 14.4 Å². The van der Waals surface area contributed by atoms with Crippen LogP contribution in [0.15, 0.2) is 122 Å². The van der Waals surface area contributed by atoms with Crippen molar-refractivity contribution < 1.29 is 28.6 Å². The molecule has 0 aliphatic carbocycles. The largest absolute Gasteiger partial charge is 0.462 e. The van der Waals surface area contributed by atoms with Gasteiger partial charge in [-0.1, -0.05) is 264 Å². The molecular weight excluding hydrogens is 949 g/mol. The molecule has 0 aliphatic heterocycles. The molecule has 0 spiro atoms. The topological polar surface area (TPSA) is 78.9 Å². The van der Waals surface area contributed by atoms with E-state index in [4.69, 9.17) is 14.2 Å². The third kappa shape index (κ3) is 62.5. The highest BCUT2D eigenvalue weighted by atomic mass is 16.6. The van der Waals surface area contributed by atoms with Crippen molar-refractivity contribution in [2.75, 3.05) is 13.2 Å². The lowest BCUT2D eigenvalue weighted by atomic mass is 10.1. The summed E-state index contributed by atoms with van der Waals surface area (Å²) in [6, 6.07) is 0. The van der Waals surface area contributed by atoms with Crippen LogP contribution in [-0.4, -0.2) is 37.2 Å². The molecule has 0 saturated carbocycles. The van der Waals surface area contributed by atoms with Crippen LogP contribution in [0.5, 0.6) is 0 Å². The van der Waals surface area contributed by atoms with Crippen LogP contribution in [0, 0.1) is 0 Å². The van der Waals surface area contributed by atoms with E-state index in [1.54, 1.807) is 0 Å². The lowest BCUT2D eigenvalue weighted by Gasteiger charge is -2.18. The van der Waals surface area contributed by atoms with Crippen molar-refractivity contribution in [1.29, 1.82) is 0 Å². The zero-order valence-corrected chi connectivity index (χ0v) is 50.2. The average Bonchev–Trinajstić information content (AvgIpc) is 3.43. The van der Waals surface area contributed by atoms with Gasteiger partial charge in [-0.15, -0.1) is 0 Å². The first-order chi connectivity index (χ1) is 38.0. The van der Waals surface area contributed by atoms with E-state index in [9.17, 15) is 14.4 Å². The van der Waals surface area contributed by atoms with Crippen LogP contribution in [-0.2, 0) is 28.6 Å². The molecule has 0 radical (unpaired) electrons. The van der Waals surface area contributed by atoms with Gasteiger partial charge in [-0.05, 0) is 128 Å². The van der Waals surface area contributed by atoms with Gasteiger partial charge >= 0.3 is 17.9 Å². The summed E-state index contributed by atoms with van der Waals surface area (Å²) in [5, 5.41) is 0. The molecule has 1 unspecified atom stereocenters. The molecule has 0 rings (SSSR count). The maximum Gasteiger partial charge on any atom is 0.306 e. The Hall–Kier alpha value is -4.19. The zero-order chi connectivity index (χ0) is 55.7. The van der Waals surface area contributed by atoms with Gasteiger partial charge < -0.3 is 14.2 Å². The first-order valence-corrected chi connectivity index (χ1v) is 32.0. The highest BCUT2D eigenvalue weighted by Crippen LogP contribution is 2.15. The number of rotatable bonds is 57. The highest BCUT2D eigenvalue weighted by Gasteiger charge is 2.19. The third-order valence-corrected chi connectivity index (χ3v) is 13.4. The van der Waals surface area contributed by atoms with E-state index < -0.39 is 6.10 Å². The van der Waals surface area contributed by atoms with Crippen LogP contribution in [0.2, 0.25) is 0 Å². The molecule has 0 aromatic rings. The molecule has 0 aromatic heterocycles. The number of allylic oxidation sites excluding steroid dienone is 20. The van der Waals surface area contributed by atoms with E-state index in [0.29, 0.717) is 19.3 Å². The Bertz CT molecular complexity index is 1600. The summed E-state index contributed by atoms with van der Waals surface area (Å²) in [5.74, 6) is -0.916. The number of carbonyl (C=O) groups is 3. The summed E-state index contributed by atoms with van der Waals surface area (Å²) >= 11 is 0. The molecule has 6 nitrogen and oxygen atoms in total. The number of esters is 3. The lowest BCUT2D eigenvalue weighted by molar-refractivity contribution is -0.167. The van der Waals surface area contributed by atoms with Crippen molar-refractivity contribution in [3.05, 3.63) is 122 Å². The molecule has 0 aromatic carbocycles. The second-order valence-electron chi connectivity index (χ2n) is 20.9. The minimum absolute atomic E-state index is 0.0914. The highest BCUT2D eigenvalue weighted by molar-refractivity contribution is 5.71. The molecule has 6 heteroatoms. The Balaban J connectivity index is 4.32. The summed E-state index contributed by atoms with van der Waals surface area (Å²) in [4.78, 5) is 38.3. The fourth-order valence-electron chi connectivity index (χ4n) is 8.69. The van der Waals surface area contributed by atoms with Crippen molar-refractivity contribution >= 4 is 17.9 Å². The minimum Gasteiger partial charge on any atom is -0.462 e. The SMILES string of the molecule is CC/C=C\C/C=C\C/C=C\C/C=C\C/C=C\C/C=C\CCCCCCCCCCCCC(=O)OCC(COC(=O)CCCCCCC/C=C\CCCCCCCC)OC(=O)CCCCCCC/C=C\C/C=C\C/C=C\CC. The molecule has 438 valence electrons. The van der Waals surface area contributed by atoms with Crippen molar-refractivity contribution in [3.8, 4) is 0 Å².